The third-order valence-electron chi connectivity index (χ3n) is 1.80. The van der Waals surface area contributed by atoms with Gasteiger partial charge < -0.3 is 4.74 Å². The van der Waals surface area contributed by atoms with Gasteiger partial charge >= 0.3 is 0 Å². The van der Waals surface area contributed by atoms with Crippen molar-refractivity contribution in [1.82, 2.24) is 9.97 Å². The van der Waals surface area contributed by atoms with E-state index in [1.807, 2.05) is 18.2 Å². The molecule has 0 spiro atoms. The van der Waals surface area contributed by atoms with Crippen molar-refractivity contribution in [2.45, 2.75) is 0 Å². The monoisotopic (exact) mass is 238 g/mol. The average molecular weight is 239 g/mol. The average Bonchev–Trinajstić information content (AvgIpc) is 2.18. The van der Waals surface area contributed by atoms with E-state index >= 15 is 0 Å². The number of aromatic nitrogens is 2. The molecular formula is C9H7BrN2O. The van der Waals surface area contributed by atoms with Crippen LogP contribution in [0, 0.1) is 0 Å². The van der Waals surface area contributed by atoms with Crippen LogP contribution in [0.15, 0.2) is 29.1 Å². The minimum Gasteiger partial charge on any atom is -0.497 e. The zero-order valence-electron chi connectivity index (χ0n) is 6.99. The second-order valence-electron chi connectivity index (χ2n) is 2.55. The Kier molecular flexibility index (Phi) is 2.14. The fourth-order valence-corrected chi connectivity index (χ4v) is 1.56. The lowest BCUT2D eigenvalue weighted by atomic mass is 10.2. The van der Waals surface area contributed by atoms with Crippen molar-refractivity contribution < 1.29 is 4.74 Å². The first-order valence-electron chi connectivity index (χ1n) is 3.75. The number of nitrogens with zero attached hydrogens (tertiary/aromatic N) is 2. The van der Waals surface area contributed by atoms with Crippen LogP contribution in [0.2, 0.25) is 0 Å². The summed E-state index contributed by atoms with van der Waals surface area (Å²) in [5, 5.41) is 0.989. The molecule has 0 saturated heterocycles. The lowest BCUT2D eigenvalue weighted by Gasteiger charge is -2.01. The number of rotatable bonds is 1. The second-order valence-corrected chi connectivity index (χ2v) is 3.30. The van der Waals surface area contributed by atoms with E-state index in [1.54, 1.807) is 7.11 Å². The van der Waals surface area contributed by atoms with Crippen LogP contribution in [-0.4, -0.2) is 17.1 Å². The molecule has 0 aliphatic heterocycles. The SMILES string of the molecule is COc1ccc2c(Br)ncnc2c1. The number of methoxy groups -OCH3 is 1. The molecular weight excluding hydrogens is 232 g/mol. The van der Waals surface area contributed by atoms with Gasteiger partial charge in [0.05, 0.1) is 12.6 Å². The lowest BCUT2D eigenvalue weighted by molar-refractivity contribution is 0.415. The minimum atomic E-state index is 0.804. The molecule has 1 heterocycles. The van der Waals surface area contributed by atoms with Crippen LogP contribution < -0.4 is 4.74 Å². The van der Waals surface area contributed by atoms with Gasteiger partial charge in [-0.05, 0) is 28.1 Å². The quantitative estimate of drug-likeness (QED) is 0.716. The molecule has 0 aliphatic carbocycles. The predicted octanol–water partition coefficient (Wildman–Crippen LogP) is 2.40. The summed E-state index contributed by atoms with van der Waals surface area (Å²) >= 11 is 3.35. The maximum absolute atomic E-state index is 5.09. The Morgan fingerprint density at radius 3 is 2.92 bits per heavy atom. The summed E-state index contributed by atoms with van der Waals surface area (Å²) in [4.78, 5) is 8.16. The zero-order chi connectivity index (χ0) is 9.26. The van der Waals surface area contributed by atoms with Gasteiger partial charge in [0.2, 0.25) is 0 Å². The highest BCUT2D eigenvalue weighted by molar-refractivity contribution is 9.10. The van der Waals surface area contributed by atoms with Crippen LogP contribution in [0.4, 0.5) is 0 Å². The number of hydrogen-bond acceptors (Lipinski definition) is 3. The zero-order valence-corrected chi connectivity index (χ0v) is 8.58. The third-order valence-corrected chi connectivity index (χ3v) is 2.43. The molecule has 0 radical (unpaired) electrons. The third kappa shape index (κ3) is 1.49. The van der Waals surface area contributed by atoms with Gasteiger partial charge in [-0.2, -0.15) is 0 Å². The molecule has 1 aromatic carbocycles. The molecule has 2 aromatic rings. The smallest absolute Gasteiger partial charge is 0.121 e. The molecule has 0 atom stereocenters. The molecule has 2 rings (SSSR count). The predicted molar refractivity (Wildman–Crippen MR) is 53.8 cm³/mol. The van der Waals surface area contributed by atoms with Gasteiger partial charge in [0.15, 0.2) is 0 Å². The second kappa shape index (κ2) is 3.30. The minimum absolute atomic E-state index is 0.804. The van der Waals surface area contributed by atoms with Gasteiger partial charge in [0.1, 0.15) is 16.7 Å². The summed E-state index contributed by atoms with van der Waals surface area (Å²) in [5.41, 5.74) is 0.876. The van der Waals surface area contributed by atoms with Crippen LogP contribution in [-0.2, 0) is 0 Å². The van der Waals surface area contributed by atoms with E-state index in [1.165, 1.54) is 6.33 Å². The van der Waals surface area contributed by atoms with Crippen molar-refractivity contribution in [3.8, 4) is 5.75 Å². The Morgan fingerprint density at radius 1 is 1.31 bits per heavy atom. The molecule has 13 heavy (non-hydrogen) atoms. The van der Waals surface area contributed by atoms with Crippen LogP contribution >= 0.6 is 15.9 Å². The Hall–Kier alpha value is -1.16. The summed E-state index contributed by atoms with van der Waals surface area (Å²) in [6.45, 7) is 0. The number of hydrogen-bond donors (Lipinski definition) is 0. The molecule has 0 aliphatic rings. The van der Waals surface area contributed by atoms with Gasteiger partial charge in [-0.3, -0.25) is 0 Å². The Balaban J connectivity index is 2.72. The molecule has 0 N–H and O–H groups in total. The van der Waals surface area contributed by atoms with Crippen molar-refractivity contribution in [1.29, 1.82) is 0 Å². The van der Waals surface area contributed by atoms with Gasteiger partial charge in [-0.1, -0.05) is 0 Å². The van der Waals surface area contributed by atoms with E-state index in [2.05, 4.69) is 25.9 Å². The lowest BCUT2D eigenvalue weighted by Crippen LogP contribution is -1.86. The summed E-state index contributed by atoms with van der Waals surface area (Å²) < 4.78 is 5.89. The number of fused-ring (bicyclic) bond motifs is 1. The molecule has 0 bridgehead atoms. The summed E-state index contributed by atoms with van der Waals surface area (Å²) in [7, 11) is 1.64. The highest BCUT2D eigenvalue weighted by Crippen LogP contribution is 2.23. The first-order valence-corrected chi connectivity index (χ1v) is 4.55. The van der Waals surface area contributed by atoms with Crippen LogP contribution in [0.1, 0.15) is 0 Å². The molecule has 0 amide bonds. The number of benzene rings is 1. The first kappa shape index (κ1) is 8.44. The fourth-order valence-electron chi connectivity index (χ4n) is 1.13. The van der Waals surface area contributed by atoms with Gasteiger partial charge in [0.25, 0.3) is 0 Å². The van der Waals surface area contributed by atoms with Crippen molar-refractivity contribution in [3.05, 3.63) is 29.1 Å². The van der Waals surface area contributed by atoms with E-state index in [0.717, 1.165) is 21.3 Å². The molecule has 0 unspecified atom stereocenters. The Labute approximate surface area is 83.9 Å². The molecule has 0 saturated carbocycles. The van der Waals surface area contributed by atoms with E-state index in [0.29, 0.717) is 0 Å². The Morgan fingerprint density at radius 2 is 2.15 bits per heavy atom. The first-order chi connectivity index (χ1) is 6.31. The van der Waals surface area contributed by atoms with E-state index < -0.39 is 0 Å². The largest absolute Gasteiger partial charge is 0.497 e. The van der Waals surface area contributed by atoms with Crippen molar-refractivity contribution >= 4 is 26.8 Å². The standard InChI is InChI=1S/C9H7BrN2O/c1-13-6-2-3-7-8(4-6)11-5-12-9(7)10/h2-5H,1H3. The summed E-state index contributed by atoms with van der Waals surface area (Å²) in [6.07, 6.45) is 1.52. The molecule has 0 fully saturated rings. The maximum Gasteiger partial charge on any atom is 0.121 e. The summed E-state index contributed by atoms with van der Waals surface area (Å²) in [5.74, 6) is 0.804. The topological polar surface area (TPSA) is 35.0 Å². The molecule has 3 nitrogen and oxygen atoms in total. The van der Waals surface area contributed by atoms with Crippen molar-refractivity contribution in [2.75, 3.05) is 7.11 Å². The van der Waals surface area contributed by atoms with Crippen LogP contribution in [0.5, 0.6) is 5.75 Å². The molecule has 66 valence electrons. The summed E-state index contributed by atoms with van der Waals surface area (Å²) in [6, 6.07) is 5.69. The Bertz CT molecular complexity index is 445. The fraction of sp³-hybridized carbons (Fsp3) is 0.111. The number of ether oxygens (including phenoxy) is 1. The van der Waals surface area contributed by atoms with Gasteiger partial charge in [-0.15, -0.1) is 0 Å². The number of halogens is 1. The van der Waals surface area contributed by atoms with Crippen LogP contribution in [0.25, 0.3) is 10.9 Å². The maximum atomic E-state index is 5.09. The highest BCUT2D eigenvalue weighted by Gasteiger charge is 2.01. The van der Waals surface area contributed by atoms with Crippen molar-refractivity contribution in [2.24, 2.45) is 0 Å². The van der Waals surface area contributed by atoms with Gasteiger partial charge in [-0.25, -0.2) is 9.97 Å². The van der Waals surface area contributed by atoms with E-state index in [4.69, 9.17) is 4.74 Å². The highest BCUT2D eigenvalue weighted by atomic mass is 79.9. The molecule has 1 aromatic heterocycles. The molecule has 4 heteroatoms. The van der Waals surface area contributed by atoms with Crippen molar-refractivity contribution in [3.63, 3.8) is 0 Å². The van der Waals surface area contributed by atoms with E-state index in [9.17, 15) is 0 Å². The van der Waals surface area contributed by atoms with E-state index in [-0.39, 0.29) is 0 Å². The van der Waals surface area contributed by atoms with Crippen LogP contribution in [0.3, 0.4) is 0 Å². The van der Waals surface area contributed by atoms with Gasteiger partial charge in [0, 0.05) is 11.5 Å². The normalized spacial score (nSPS) is 10.3.